The third kappa shape index (κ3) is 3.53. The molecule has 0 aliphatic heterocycles. The fourth-order valence-corrected chi connectivity index (χ4v) is 2.64. The molecule has 0 radical (unpaired) electrons. The molecular formula is C12H17ClN4O2. The summed E-state index contributed by atoms with van der Waals surface area (Å²) < 4.78 is 0. The van der Waals surface area contributed by atoms with Gasteiger partial charge in [0.15, 0.2) is 0 Å². The van der Waals surface area contributed by atoms with Gasteiger partial charge in [-0.2, -0.15) is 4.98 Å². The zero-order chi connectivity index (χ0) is 13.8. The van der Waals surface area contributed by atoms with Gasteiger partial charge in [0, 0.05) is 6.04 Å². The monoisotopic (exact) mass is 284 g/mol. The van der Waals surface area contributed by atoms with Crippen LogP contribution in [0.1, 0.15) is 39.0 Å². The van der Waals surface area contributed by atoms with E-state index in [1.165, 1.54) is 6.42 Å². The Morgan fingerprint density at radius 3 is 2.74 bits per heavy atom. The summed E-state index contributed by atoms with van der Waals surface area (Å²) in [6, 6.07) is 0.229. The molecule has 0 spiro atoms. The van der Waals surface area contributed by atoms with Crippen molar-refractivity contribution in [3.8, 4) is 0 Å². The second kappa shape index (κ2) is 6.14. The van der Waals surface area contributed by atoms with Crippen molar-refractivity contribution in [1.82, 2.24) is 9.97 Å². The second-order valence-corrected chi connectivity index (χ2v) is 5.24. The first-order chi connectivity index (χ1) is 9.10. The second-order valence-electron chi connectivity index (χ2n) is 4.90. The number of hydrogen-bond donors (Lipinski definition) is 1. The highest BCUT2D eigenvalue weighted by Gasteiger charge is 2.24. The van der Waals surface area contributed by atoms with Crippen LogP contribution in [0.15, 0.2) is 6.20 Å². The first-order valence-corrected chi connectivity index (χ1v) is 6.91. The fraction of sp³-hybridized carbons (Fsp3) is 0.667. The summed E-state index contributed by atoms with van der Waals surface area (Å²) >= 11 is 5.70. The topological polar surface area (TPSA) is 81.0 Å². The van der Waals surface area contributed by atoms with Gasteiger partial charge in [0.2, 0.25) is 11.1 Å². The van der Waals surface area contributed by atoms with Crippen LogP contribution >= 0.6 is 11.6 Å². The minimum atomic E-state index is -0.490. The molecule has 1 heterocycles. The molecule has 2 rings (SSSR count). The number of halogens is 1. The smallest absolute Gasteiger partial charge is 0.329 e. The van der Waals surface area contributed by atoms with E-state index in [1.807, 2.05) is 0 Å². The van der Waals surface area contributed by atoms with Gasteiger partial charge >= 0.3 is 5.69 Å². The highest BCUT2D eigenvalue weighted by atomic mass is 35.5. The van der Waals surface area contributed by atoms with Crippen molar-refractivity contribution in [3.63, 3.8) is 0 Å². The maximum atomic E-state index is 10.9. The number of rotatable bonds is 4. The number of hydrogen-bond acceptors (Lipinski definition) is 5. The fourth-order valence-electron chi connectivity index (χ4n) is 2.50. The molecule has 1 aliphatic carbocycles. The average Bonchev–Trinajstić information content (AvgIpc) is 2.39. The molecule has 0 atom stereocenters. The third-order valence-electron chi connectivity index (χ3n) is 3.70. The van der Waals surface area contributed by atoms with Gasteiger partial charge in [-0.15, -0.1) is 0 Å². The normalized spacial score (nSPS) is 23.1. The van der Waals surface area contributed by atoms with Crippen molar-refractivity contribution in [3.05, 3.63) is 21.6 Å². The maximum absolute atomic E-state index is 10.9. The lowest BCUT2D eigenvalue weighted by atomic mass is 9.84. The zero-order valence-electron chi connectivity index (χ0n) is 10.8. The van der Waals surface area contributed by atoms with E-state index in [0.717, 1.165) is 37.8 Å². The minimum absolute atomic E-state index is 0.0235. The van der Waals surface area contributed by atoms with Gasteiger partial charge in [-0.05, 0) is 43.2 Å². The Labute approximate surface area is 116 Å². The number of aromatic nitrogens is 2. The highest BCUT2D eigenvalue weighted by molar-refractivity contribution is 6.28. The van der Waals surface area contributed by atoms with E-state index >= 15 is 0 Å². The number of nitrogens with one attached hydrogen (secondary N) is 1. The van der Waals surface area contributed by atoms with Gasteiger partial charge in [-0.25, -0.2) is 4.98 Å². The summed E-state index contributed by atoms with van der Waals surface area (Å²) in [5, 5.41) is 14.1. The first kappa shape index (κ1) is 14.0. The van der Waals surface area contributed by atoms with Gasteiger partial charge in [0.05, 0.1) is 4.92 Å². The van der Waals surface area contributed by atoms with Crippen LogP contribution in [0.5, 0.6) is 0 Å². The molecule has 0 amide bonds. The molecule has 1 aromatic heterocycles. The number of nitro groups is 1. The molecular weight excluding hydrogens is 268 g/mol. The van der Waals surface area contributed by atoms with Crippen molar-refractivity contribution in [1.29, 1.82) is 0 Å². The lowest BCUT2D eigenvalue weighted by Gasteiger charge is -2.28. The zero-order valence-corrected chi connectivity index (χ0v) is 11.6. The molecule has 19 heavy (non-hydrogen) atoms. The standard InChI is InChI=1S/C12H17ClN4O2/c1-2-8-3-5-9(6-4-8)15-11-10(17(18)19)7-14-12(13)16-11/h7-9H,2-6H2,1H3,(H,14,15,16). The predicted octanol–water partition coefficient (Wildman–Crippen LogP) is 3.42. The van der Waals surface area contributed by atoms with Crippen LogP contribution in [0.4, 0.5) is 11.5 Å². The molecule has 1 fully saturated rings. The highest BCUT2D eigenvalue weighted by Crippen LogP contribution is 2.30. The summed E-state index contributed by atoms with van der Waals surface area (Å²) in [5.41, 5.74) is -0.123. The van der Waals surface area contributed by atoms with Gasteiger partial charge in [0.1, 0.15) is 6.20 Å². The molecule has 0 saturated heterocycles. The molecule has 0 bridgehead atoms. The van der Waals surface area contributed by atoms with Crippen molar-refractivity contribution in [2.24, 2.45) is 5.92 Å². The van der Waals surface area contributed by atoms with Crippen molar-refractivity contribution >= 4 is 23.1 Å². The van der Waals surface area contributed by atoms with Gasteiger partial charge in [-0.3, -0.25) is 10.1 Å². The van der Waals surface area contributed by atoms with Crippen LogP contribution in [-0.2, 0) is 0 Å². The Balaban J connectivity index is 2.06. The number of anilines is 1. The Kier molecular flexibility index (Phi) is 4.52. The van der Waals surface area contributed by atoms with E-state index in [1.54, 1.807) is 0 Å². The molecule has 0 aromatic carbocycles. The Hall–Kier alpha value is -1.43. The summed E-state index contributed by atoms with van der Waals surface area (Å²) in [6.07, 6.45) is 6.68. The average molecular weight is 285 g/mol. The summed E-state index contributed by atoms with van der Waals surface area (Å²) in [6.45, 7) is 2.20. The van der Waals surface area contributed by atoms with Crippen LogP contribution < -0.4 is 5.32 Å². The van der Waals surface area contributed by atoms with Gasteiger partial charge in [-0.1, -0.05) is 13.3 Å². The Bertz CT molecular complexity index is 461. The molecule has 7 heteroatoms. The van der Waals surface area contributed by atoms with E-state index in [-0.39, 0.29) is 22.8 Å². The lowest BCUT2D eigenvalue weighted by molar-refractivity contribution is -0.384. The van der Waals surface area contributed by atoms with Gasteiger partial charge < -0.3 is 5.32 Å². The van der Waals surface area contributed by atoms with Crippen molar-refractivity contribution in [2.75, 3.05) is 5.32 Å². The molecule has 6 nitrogen and oxygen atoms in total. The Morgan fingerprint density at radius 2 is 2.16 bits per heavy atom. The first-order valence-electron chi connectivity index (χ1n) is 6.53. The summed E-state index contributed by atoms with van der Waals surface area (Å²) in [7, 11) is 0. The predicted molar refractivity (Wildman–Crippen MR) is 73.4 cm³/mol. The largest absolute Gasteiger partial charge is 0.361 e. The van der Waals surface area contributed by atoms with E-state index < -0.39 is 4.92 Å². The molecule has 1 aliphatic rings. The van der Waals surface area contributed by atoms with Crippen LogP contribution in [-0.4, -0.2) is 20.9 Å². The quantitative estimate of drug-likeness (QED) is 0.520. The summed E-state index contributed by atoms with van der Waals surface area (Å²) in [5.74, 6) is 1.01. The molecule has 1 aromatic rings. The van der Waals surface area contributed by atoms with Crippen LogP contribution in [0.2, 0.25) is 5.28 Å². The van der Waals surface area contributed by atoms with E-state index in [9.17, 15) is 10.1 Å². The van der Waals surface area contributed by atoms with Crippen LogP contribution in [0, 0.1) is 16.0 Å². The maximum Gasteiger partial charge on any atom is 0.329 e. The Morgan fingerprint density at radius 1 is 1.47 bits per heavy atom. The van der Waals surface area contributed by atoms with E-state index in [0.29, 0.717) is 0 Å². The van der Waals surface area contributed by atoms with E-state index in [2.05, 4.69) is 22.2 Å². The van der Waals surface area contributed by atoms with Crippen molar-refractivity contribution < 1.29 is 4.92 Å². The minimum Gasteiger partial charge on any atom is -0.361 e. The summed E-state index contributed by atoms with van der Waals surface area (Å²) in [4.78, 5) is 18.0. The number of nitrogens with zero attached hydrogens (tertiary/aromatic N) is 3. The molecule has 104 valence electrons. The van der Waals surface area contributed by atoms with Crippen LogP contribution in [0.25, 0.3) is 0 Å². The lowest BCUT2D eigenvalue weighted by Crippen LogP contribution is -2.26. The molecule has 1 N–H and O–H groups in total. The van der Waals surface area contributed by atoms with Crippen LogP contribution in [0.3, 0.4) is 0 Å². The molecule has 0 unspecified atom stereocenters. The SMILES string of the molecule is CCC1CCC(Nc2nc(Cl)ncc2[N+](=O)[O-])CC1. The van der Waals surface area contributed by atoms with E-state index in [4.69, 9.17) is 11.6 Å². The third-order valence-corrected chi connectivity index (χ3v) is 3.88. The van der Waals surface area contributed by atoms with Crippen molar-refractivity contribution in [2.45, 2.75) is 45.1 Å². The van der Waals surface area contributed by atoms with Gasteiger partial charge in [0.25, 0.3) is 0 Å². The molecule has 1 saturated carbocycles.